The van der Waals surface area contributed by atoms with E-state index in [0.717, 1.165) is 5.56 Å². The second-order valence-electron chi connectivity index (χ2n) is 6.14. The van der Waals surface area contributed by atoms with Gasteiger partial charge in [0.2, 0.25) is 0 Å². The molecule has 3 aromatic rings. The average Bonchev–Trinajstić information content (AvgIpc) is 2.59. The summed E-state index contributed by atoms with van der Waals surface area (Å²) in [6.45, 7) is 1.38. The number of aliphatic hydroxyl groups excluding tert-OH is 2. The number of aliphatic hydroxyl groups is 2. The molecule has 2 N–H and O–H groups in total. The van der Waals surface area contributed by atoms with Crippen LogP contribution in [0.1, 0.15) is 16.7 Å². The largest absolute Gasteiger partial charge is 0.394 e. The van der Waals surface area contributed by atoms with E-state index in [2.05, 4.69) is 4.98 Å². The van der Waals surface area contributed by atoms with Crippen LogP contribution >= 0.6 is 0 Å². The summed E-state index contributed by atoms with van der Waals surface area (Å²) in [5.74, 6) is -0.316. The summed E-state index contributed by atoms with van der Waals surface area (Å²) in [6, 6.07) is 6.72. The third kappa shape index (κ3) is 3.60. The molecule has 0 aliphatic heterocycles. The predicted molar refractivity (Wildman–Crippen MR) is 93.0 cm³/mol. The van der Waals surface area contributed by atoms with Crippen molar-refractivity contribution in [2.24, 2.45) is 0 Å². The molecule has 0 aliphatic rings. The van der Waals surface area contributed by atoms with E-state index in [1.54, 1.807) is 30.7 Å². The Labute approximate surface area is 144 Å². The van der Waals surface area contributed by atoms with Gasteiger partial charge in [0.15, 0.2) is 0 Å². The molecule has 0 amide bonds. The molecule has 1 aromatic carbocycles. The van der Waals surface area contributed by atoms with Crippen LogP contribution in [-0.4, -0.2) is 32.5 Å². The summed E-state index contributed by atoms with van der Waals surface area (Å²) < 4.78 is 15.5. The number of nitrogens with zero attached hydrogens (tertiary/aromatic N) is 2. The Hall–Kier alpha value is -2.57. The molecule has 130 valence electrons. The second kappa shape index (κ2) is 7.13. The highest BCUT2D eigenvalue weighted by Gasteiger charge is 2.13. The second-order valence-corrected chi connectivity index (χ2v) is 6.14. The van der Waals surface area contributed by atoms with Gasteiger partial charge < -0.3 is 14.8 Å². The number of hydrogen-bond donors (Lipinski definition) is 2. The topological polar surface area (TPSA) is 75.3 Å². The maximum absolute atomic E-state index is 14.2. The first-order valence-corrected chi connectivity index (χ1v) is 7.99. The maximum atomic E-state index is 14.2. The van der Waals surface area contributed by atoms with Crippen molar-refractivity contribution in [3.05, 3.63) is 75.7 Å². The highest BCUT2D eigenvalue weighted by atomic mass is 19.1. The Morgan fingerprint density at radius 3 is 2.76 bits per heavy atom. The van der Waals surface area contributed by atoms with Crippen molar-refractivity contribution in [1.82, 2.24) is 9.55 Å². The summed E-state index contributed by atoms with van der Waals surface area (Å²) in [5.41, 5.74) is 1.65. The fourth-order valence-corrected chi connectivity index (χ4v) is 2.85. The van der Waals surface area contributed by atoms with E-state index < -0.39 is 12.7 Å². The van der Waals surface area contributed by atoms with Crippen LogP contribution in [0.25, 0.3) is 10.8 Å². The van der Waals surface area contributed by atoms with Gasteiger partial charge in [0.25, 0.3) is 5.56 Å². The summed E-state index contributed by atoms with van der Waals surface area (Å²) in [6.07, 6.45) is 3.93. The standard InChI is InChI=1S/C19H19FN2O3/c1-12-2-3-13(17(20)6-12)7-15-9-21-8-14-4-5-22(10-16(24)11-23)19(25)18(14)15/h2-6,8-9,16,23-24H,7,10-11H2,1H3/t16-/m0/s1. The van der Waals surface area contributed by atoms with Crippen molar-refractivity contribution in [1.29, 1.82) is 0 Å². The van der Waals surface area contributed by atoms with Gasteiger partial charge in [-0.05, 0) is 35.7 Å². The maximum Gasteiger partial charge on any atom is 0.258 e. The SMILES string of the molecule is Cc1ccc(Cc2cncc3ccn(C[C@H](O)CO)c(=O)c23)c(F)c1. The van der Waals surface area contributed by atoms with E-state index >= 15 is 0 Å². The molecule has 2 heterocycles. The van der Waals surface area contributed by atoms with Crippen LogP contribution in [0.5, 0.6) is 0 Å². The van der Waals surface area contributed by atoms with Gasteiger partial charge in [-0.3, -0.25) is 9.78 Å². The van der Waals surface area contributed by atoms with E-state index in [1.807, 2.05) is 13.0 Å². The first-order valence-electron chi connectivity index (χ1n) is 7.99. The summed E-state index contributed by atoms with van der Waals surface area (Å²) in [4.78, 5) is 16.9. The number of fused-ring (bicyclic) bond motifs is 1. The van der Waals surface area contributed by atoms with Crippen LogP contribution < -0.4 is 5.56 Å². The number of benzene rings is 1. The van der Waals surface area contributed by atoms with Gasteiger partial charge in [-0.25, -0.2) is 4.39 Å². The Morgan fingerprint density at radius 2 is 2.04 bits per heavy atom. The first-order chi connectivity index (χ1) is 12.0. The van der Waals surface area contributed by atoms with Crippen molar-refractivity contribution < 1.29 is 14.6 Å². The minimum Gasteiger partial charge on any atom is -0.394 e. The molecule has 0 fully saturated rings. The van der Waals surface area contributed by atoms with Crippen LogP contribution in [-0.2, 0) is 13.0 Å². The lowest BCUT2D eigenvalue weighted by molar-refractivity contribution is 0.0805. The van der Waals surface area contributed by atoms with Gasteiger partial charge in [0.05, 0.1) is 24.6 Å². The zero-order valence-corrected chi connectivity index (χ0v) is 13.8. The van der Waals surface area contributed by atoms with Gasteiger partial charge in [0.1, 0.15) is 5.82 Å². The molecule has 0 aliphatic carbocycles. The fourth-order valence-electron chi connectivity index (χ4n) is 2.85. The van der Waals surface area contributed by atoms with Crippen molar-refractivity contribution >= 4 is 10.8 Å². The molecule has 3 rings (SSSR count). The normalized spacial score (nSPS) is 12.5. The summed E-state index contributed by atoms with van der Waals surface area (Å²) in [7, 11) is 0. The van der Waals surface area contributed by atoms with Crippen LogP contribution in [0.3, 0.4) is 0 Å². The first kappa shape index (κ1) is 17.3. The number of rotatable bonds is 5. The molecule has 0 spiro atoms. The van der Waals surface area contributed by atoms with Gasteiger partial charge in [0, 0.05) is 30.4 Å². The van der Waals surface area contributed by atoms with E-state index in [9.17, 15) is 14.3 Å². The van der Waals surface area contributed by atoms with Crippen molar-refractivity contribution in [2.45, 2.75) is 26.0 Å². The Balaban J connectivity index is 2.08. The highest BCUT2D eigenvalue weighted by Crippen LogP contribution is 2.19. The van der Waals surface area contributed by atoms with E-state index in [0.29, 0.717) is 21.9 Å². The summed E-state index contributed by atoms with van der Waals surface area (Å²) >= 11 is 0. The van der Waals surface area contributed by atoms with Crippen molar-refractivity contribution in [3.63, 3.8) is 0 Å². The van der Waals surface area contributed by atoms with Crippen molar-refractivity contribution in [2.75, 3.05) is 6.61 Å². The molecule has 2 aromatic heterocycles. The van der Waals surface area contributed by atoms with Gasteiger partial charge in [-0.2, -0.15) is 0 Å². The Morgan fingerprint density at radius 1 is 1.24 bits per heavy atom. The van der Waals surface area contributed by atoms with E-state index in [1.165, 1.54) is 10.6 Å². The Kier molecular flexibility index (Phi) is 4.92. The molecule has 0 radical (unpaired) electrons. The molecule has 25 heavy (non-hydrogen) atoms. The minimum atomic E-state index is -1.02. The molecule has 0 saturated carbocycles. The summed E-state index contributed by atoms with van der Waals surface area (Å²) in [5, 5.41) is 19.7. The third-order valence-electron chi connectivity index (χ3n) is 4.17. The molecular formula is C19H19FN2O3. The Bertz CT molecular complexity index is 969. The number of halogens is 1. The average molecular weight is 342 g/mol. The van der Waals surface area contributed by atoms with Crippen LogP contribution in [0.4, 0.5) is 4.39 Å². The molecule has 0 saturated heterocycles. The molecule has 0 bridgehead atoms. The molecule has 6 heteroatoms. The number of aryl methyl sites for hydroxylation is 1. The monoisotopic (exact) mass is 342 g/mol. The number of hydrogen-bond acceptors (Lipinski definition) is 4. The highest BCUT2D eigenvalue weighted by molar-refractivity contribution is 5.84. The van der Waals surface area contributed by atoms with Crippen molar-refractivity contribution in [3.8, 4) is 0 Å². The van der Waals surface area contributed by atoms with Crippen LogP contribution in [0.15, 0.2) is 47.7 Å². The molecule has 5 nitrogen and oxygen atoms in total. The lowest BCUT2D eigenvalue weighted by atomic mass is 10.0. The lowest BCUT2D eigenvalue weighted by Crippen LogP contribution is -2.28. The molecule has 0 unspecified atom stereocenters. The molecular weight excluding hydrogens is 323 g/mol. The quantitative estimate of drug-likeness (QED) is 0.741. The van der Waals surface area contributed by atoms with Gasteiger partial charge >= 0.3 is 0 Å². The van der Waals surface area contributed by atoms with Gasteiger partial charge in [-0.15, -0.1) is 0 Å². The number of aromatic nitrogens is 2. The van der Waals surface area contributed by atoms with Gasteiger partial charge in [-0.1, -0.05) is 12.1 Å². The third-order valence-corrected chi connectivity index (χ3v) is 4.17. The minimum absolute atomic E-state index is 0.00801. The van der Waals surface area contributed by atoms with Crippen LogP contribution in [0, 0.1) is 12.7 Å². The fraction of sp³-hybridized carbons (Fsp3) is 0.263. The zero-order valence-electron chi connectivity index (χ0n) is 13.8. The predicted octanol–water partition coefficient (Wildman–Crippen LogP) is 1.79. The zero-order chi connectivity index (χ0) is 18.0. The molecule has 1 atom stereocenters. The number of pyridine rings is 2. The van der Waals surface area contributed by atoms with E-state index in [4.69, 9.17) is 5.11 Å². The van der Waals surface area contributed by atoms with E-state index in [-0.39, 0.29) is 24.3 Å². The van der Waals surface area contributed by atoms with Crippen LogP contribution in [0.2, 0.25) is 0 Å². The smallest absolute Gasteiger partial charge is 0.258 e. The lowest BCUT2D eigenvalue weighted by Gasteiger charge is -2.13.